The summed E-state index contributed by atoms with van der Waals surface area (Å²) in [5, 5.41) is 4.71. The van der Waals surface area contributed by atoms with Gasteiger partial charge in [-0.25, -0.2) is 14.2 Å². The number of benzene rings is 3. The van der Waals surface area contributed by atoms with Crippen LogP contribution in [0.25, 0.3) is 11.0 Å². The van der Waals surface area contributed by atoms with E-state index in [0.717, 1.165) is 56.0 Å². The molecule has 190 valence electrons. The Kier molecular flexibility index (Phi) is 6.51. The molecule has 2 N–H and O–H groups in total. The summed E-state index contributed by atoms with van der Waals surface area (Å²) in [6.07, 6.45) is -0.594. The number of amides is 2. The fourth-order valence-electron chi connectivity index (χ4n) is 4.04. The summed E-state index contributed by atoms with van der Waals surface area (Å²) in [5.41, 5.74) is 0.391. The van der Waals surface area contributed by atoms with Crippen LogP contribution in [0.2, 0.25) is 0 Å². The van der Waals surface area contributed by atoms with Crippen LogP contribution in [0.4, 0.5) is 39.5 Å². The van der Waals surface area contributed by atoms with Gasteiger partial charge >= 0.3 is 12.2 Å². The highest BCUT2D eigenvalue weighted by Gasteiger charge is 2.30. The molecule has 2 amide bonds. The van der Waals surface area contributed by atoms with Crippen molar-refractivity contribution < 1.29 is 27.1 Å². The average Bonchev–Trinajstić information content (AvgIpc) is 3.38. The molecule has 37 heavy (non-hydrogen) atoms. The Morgan fingerprint density at radius 1 is 0.892 bits per heavy atom. The minimum Gasteiger partial charge on any atom is -0.457 e. The van der Waals surface area contributed by atoms with Gasteiger partial charge in [-0.1, -0.05) is 6.07 Å². The summed E-state index contributed by atoms with van der Waals surface area (Å²) >= 11 is 0. The highest BCUT2D eigenvalue weighted by Crippen LogP contribution is 2.31. The van der Waals surface area contributed by atoms with Crippen molar-refractivity contribution in [3.05, 3.63) is 78.2 Å². The van der Waals surface area contributed by atoms with Crippen LogP contribution < -0.4 is 20.3 Å². The van der Waals surface area contributed by atoms with Crippen molar-refractivity contribution in [2.24, 2.45) is 0 Å². The molecule has 0 spiro atoms. The second kappa shape index (κ2) is 9.92. The molecular weight excluding hydrogens is 490 g/mol. The molecule has 1 aromatic heterocycles. The van der Waals surface area contributed by atoms with Gasteiger partial charge in [0, 0.05) is 42.7 Å². The van der Waals surface area contributed by atoms with Crippen molar-refractivity contribution in [1.29, 1.82) is 0 Å². The first-order valence-corrected chi connectivity index (χ1v) is 11.5. The Labute approximate surface area is 209 Å². The Morgan fingerprint density at radius 3 is 2.46 bits per heavy atom. The van der Waals surface area contributed by atoms with Gasteiger partial charge in [0.05, 0.1) is 22.8 Å². The van der Waals surface area contributed by atoms with Crippen LogP contribution in [0, 0.1) is 5.82 Å². The number of carbonyl (C=O) groups is 1. The second-order valence-electron chi connectivity index (χ2n) is 8.51. The molecule has 0 aliphatic carbocycles. The van der Waals surface area contributed by atoms with Gasteiger partial charge < -0.3 is 20.3 Å². The van der Waals surface area contributed by atoms with Gasteiger partial charge in [-0.15, -0.1) is 0 Å². The maximum atomic E-state index is 14.3. The van der Waals surface area contributed by atoms with E-state index in [1.54, 1.807) is 24.4 Å². The highest BCUT2D eigenvalue weighted by atomic mass is 19.4. The van der Waals surface area contributed by atoms with E-state index in [9.17, 15) is 22.4 Å². The van der Waals surface area contributed by atoms with Crippen molar-refractivity contribution in [3.63, 3.8) is 0 Å². The van der Waals surface area contributed by atoms with Gasteiger partial charge in [-0.2, -0.15) is 13.2 Å². The molecule has 3 aromatic carbocycles. The minimum absolute atomic E-state index is 0.0522. The van der Waals surface area contributed by atoms with Crippen LogP contribution in [-0.4, -0.2) is 29.1 Å². The largest absolute Gasteiger partial charge is 0.457 e. The number of nitrogens with zero attached hydrogens (tertiary/aromatic N) is 3. The number of hydrogen-bond acceptors (Lipinski definition) is 5. The zero-order valence-corrected chi connectivity index (χ0v) is 19.3. The monoisotopic (exact) mass is 511 g/mol. The van der Waals surface area contributed by atoms with Gasteiger partial charge in [-0.3, -0.25) is 4.98 Å². The number of fused-ring (bicyclic) bond motifs is 1. The fourth-order valence-corrected chi connectivity index (χ4v) is 4.04. The molecular formula is C26H21F4N5O2. The SMILES string of the molecule is O=C(Nc1cc(F)cc(Oc2ccc3ncc(N4CCCC4)nc3c2)c1)Nc1cccc(C(F)(F)F)c1. The molecule has 1 aliphatic heterocycles. The number of urea groups is 1. The summed E-state index contributed by atoms with van der Waals surface area (Å²) in [5.74, 6) is 0.609. The summed E-state index contributed by atoms with van der Waals surface area (Å²) in [6.45, 7) is 1.85. The van der Waals surface area contributed by atoms with E-state index in [1.807, 2.05) is 0 Å². The molecule has 1 aliphatic rings. The third kappa shape index (κ3) is 5.88. The van der Waals surface area contributed by atoms with Crippen molar-refractivity contribution in [1.82, 2.24) is 9.97 Å². The average molecular weight is 511 g/mol. The van der Waals surface area contributed by atoms with E-state index in [1.165, 1.54) is 18.2 Å². The topological polar surface area (TPSA) is 79.4 Å². The minimum atomic E-state index is -4.55. The van der Waals surface area contributed by atoms with Crippen LogP contribution in [0.5, 0.6) is 11.5 Å². The van der Waals surface area contributed by atoms with Gasteiger partial charge in [0.1, 0.15) is 23.1 Å². The Hall–Kier alpha value is -4.41. The highest BCUT2D eigenvalue weighted by molar-refractivity contribution is 5.99. The molecule has 0 bridgehead atoms. The number of carbonyl (C=O) groups excluding carboxylic acids is 1. The maximum Gasteiger partial charge on any atom is 0.416 e. The van der Waals surface area contributed by atoms with Crippen LogP contribution >= 0.6 is 0 Å². The lowest BCUT2D eigenvalue weighted by atomic mass is 10.2. The van der Waals surface area contributed by atoms with Gasteiger partial charge in [-0.05, 0) is 49.2 Å². The predicted octanol–water partition coefficient (Wildman–Crippen LogP) is 6.82. The zero-order valence-electron chi connectivity index (χ0n) is 19.3. The number of anilines is 3. The fraction of sp³-hybridized carbons (Fsp3) is 0.192. The maximum absolute atomic E-state index is 14.3. The van der Waals surface area contributed by atoms with Crippen molar-refractivity contribution in [2.75, 3.05) is 28.6 Å². The third-order valence-electron chi connectivity index (χ3n) is 5.74. The number of halogens is 4. The Balaban J connectivity index is 1.30. The smallest absolute Gasteiger partial charge is 0.416 e. The molecule has 4 aromatic rings. The molecule has 1 saturated heterocycles. The summed E-state index contributed by atoms with van der Waals surface area (Å²) < 4.78 is 58.8. The molecule has 1 fully saturated rings. The van der Waals surface area contributed by atoms with E-state index in [-0.39, 0.29) is 17.1 Å². The normalized spacial score (nSPS) is 13.6. The lowest BCUT2D eigenvalue weighted by Gasteiger charge is -2.16. The molecule has 0 radical (unpaired) electrons. The van der Waals surface area contributed by atoms with Crippen LogP contribution in [0.15, 0.2) is 66.9 Å². The standard InChI is InChI=1S/C26H21F4N5O2/c27-17-11-19(33-25(36)32-18-5-3-4-16(10-18)26(28,29)30)13-21(12-17)37-20-6-7-22-23(14-20)34-24(15-31-22)35-8-1-2-9-35/h3-7,10-15H,1-2,8-9H2,(H2,32,33,36). The molecule has 11 heteroatoms. The zero-order chi connectivity index (χ0) is 26.0. The summed E-state index contributed by atoms with van der Waals surface area (Å²) in [4.78, 5) is 23.6. The van der Waals surface area contributed by atoms with Crippen LogP contribution in [-0.2, 0) is 6.18 Å². The first-order valence-electron chi connectivity index (χ1n) is 11.5. The molecule has 0 saturated carbocycles. The lowest BCUT2D eigenvalue weighted by Crippen LogP contribution is -2.20. The molecule has 2 heterocycles. The van der Waals surface area contributed by atoms with Crippen LogP contribution in [0.1, 0.15) is 18.4 Å². The van der Waals surface area contributed by atoms with Crippen LogP contribution in [0.3, 0.4) is 0 Å². The third-order valence-corrected chi connectivity index (χ3v) is 5.74. The molecule has 7 nitrogen and oxygen atoms in total. The van der Waals surface area contributed by atoms with E-state index < -0.39 is 23.6 Å². The van der Waals surface area contributed by atoms with E-state index in [2.05, 4.69) is 25.5 Å². The van der Waals surface area contributed by atoms with E-state index in [4.69, 9.17) is 4.74 Å². The quantitative estimate of drug-likeness (QED) is 0.287. The lowest BCUT2D eigenvalue weighted by molar-refractivity contribution is -0.137. The molecule has 0 atom stereocenters. The predicted molar refractivity (Wildman–Crippen MR) is 132 cm³/mol. The van der Waals surface area contributed by atoms with Crippen molar-refractivity contribution >= 4 is 34.3 Å². The molecule has 5 rings (SSSR count). The number of nitrogens with one attached hydrogen (secondary N) is 2. The number of aromatic nitrogens is 2. The Morgan fingerprint density at radius 2 is 1.68 bits per heavy atom. The summed E-state index contributed by atoms with van der Waals surface area (Å²) in [6, 6.07) is 12.1. The number of ether oxygens (including phenoxy) is 1. The first kappa shape index (κ1) is 24.3. The van der Waals surface area contributed by atoms with E-state index >= 15 is 0 Å². The number of hydrogen-bond donors (Lipinski definition) is 2. The molecule has 0 unspecified atom stereocenters. The van der Waals surface area contributed by atoms with Gasteiger partial charge in [0.15, 0.2) is 0 Å². The van der Waals surface area contributed by atoms with E-state index in [0.29, 0.717) is 16.8 Å². The van der Waals surface area contributed by atoms with Crippen molar-refractivity contribution in [3.8, 4) is 11.5 Å². The van der Waals surface area contributed by atoms with Gasteiger partial charge in [0.25, 0.3) is 0 Å². The Bertz CT molecular complexity index is 1450. The summed E-state index contributed by atoms with van der Waals surface area (Å²) in [7, 11) is 0. The number of rotatable bonds is 5. The second-order valence-corrected chi connectivity index (χ2v) is 8.51. The van der Waals surface area contributed by atoms with Gasteiger partial charge in [0.2, 0.25) is 0 Å². The first-order chi connectivity index (χ1) is 17.7. The van der Waals surface area contributed by atoms with Crippen molar-refractivity contribution in [2.45, 2.75) is 19.0 Å². The number of alkyl halides is 3.